The van der Waals surface area contributed by atoms with Crippen LogP contribution in [-0.2, 0) is 11.2 Å². The van der Waals surface area contributed by atoms with E-state index in [2.05, 4.69) is 15.9 Å². The number of hydrogen-bond donors (Lipinski definition) is 1. The first kappa shape index (κ1) is 12.6. The Hall–Kier alpha value is -0.805. The number of hydrogen-bond acceptors (Lipinski definition) is 2. The first-order valence-corrected chi connectivity index (χ1v) is 6.61. The number of halogens is 1. The third kappa shape index (κ3) is 2.90. The lowest BCUT2D eigenvalue weighted by molar-refractivity contribution is -0.125. The summed E-state index contributed by atoms with van der Waals surface area (Å²) in [6.07, 6.45) is 2.19. The number of benzene rings is 1. The molecule has 2 rings (SSSR count). The summed E-state index contributed by atoms with van der Waals surface area (Å²) in [5.41, 5.74) is 1.19. The lowest BCUT2D eigenvalue weighted by atomic mass is 9.83. The Morgan fingerprint density at radius 3 is 2.71 bits per heavy atom. The summed E-state index contributed by atoms with van der Waals surface area (Å²) >= 11 is 3.40. The standard InChI is InChI=1S/C12H15BBrNO2/c1-13(17)15-11(6-7-12(15)16)8-9-2-4-10(14)5-3-9/h2-5,11,17H,6-8H2,1H3/t11-/m0/s1. The van der Waals surface area contributed by atoms with Crippen molar-refractivity contribution in [3.8, 4) is 0 Å². The van der Waals surface area contributed by atoms with E-state index in [9.17, 15) is 9.82 Å². The average molecular weight is 296 g/mol. The molecule has 1 aliphatic rings. The van der Waals surface area contributed by atoms with Gasteiger partial charge in [-0.15, -0.1) is 0 Å². The molecule has 0 bridgehead atoms. The highest BCUT2D eigenvalue weighted by Crippen LogP contribution is 2.23. The van der Waals surface area contributed by atoms with Crippen molar-refractivity contribution in [3.05, 3.63) is 34.3 Å². The van der Waals surface area contributed by atoms with Crippen LogP contribution in [0.15, 0.2) is 28.7 Å². The van der Waals surface area contributed by atoms with E-state index >= 15 is 0 Å². The van der Waals surface area contributed by atoms with Gasteiger partial charge >= 0.3 is 7.05 Å². The van der Waals surface area contributed by atoms with E-state index in [-0.39, 0.29) is 11.9 Å². The second-order valence-electron chi connectivity index (χ2n) is 4.46. The first-order valence-electron chi connectivity index (χ1n) is 5.81. The third-order valence-electron chi connectivity index (χ3n) is 3.16. The van der Waals surface area contributed by atoms with Gasteiger partial charge in [0.2, 0.25) is 5.91 Å². The van der Waals surface area contributed by atoms with Crippen LogP contribution in [0.2, 0.25) is 6.82 Å². The minimum atomic E-state index is -0.689. The Morgan fingerprint density at radius 2 is 2.12 bits per heavy atom. The fourth-order valence-corrected chi connectivity index (χ4v) is 2.63. The van der Waals surface area contributed by atoms with Crippen molar-refractivity contribution >= 4 is 28.9 Å². The molecular weight excluding hydrogens is 281 g/mol. The van der Waals surface area contributed by atoms with Crippen molar-refractivity contribution in [2.75, 3.05) is 0 Å². The minimum Gasteiger partial charge on any atom is -0.432 e. The quantitative estimate of drug-likeness (QED) is 0.868. The van der Waals surface area contributed by atoms with E-state index in [0.29, 0.717) is 6.42 Å². The van der Waals surface area contributed by atoms with Crippen molar-refractivity contribution in [1.29, 1.82) is 0 Å². The van der Waals surface area contributed by atoms with Gasteiger partial charge in [0.25, 0.3) is 0 Å². The molecule has 0 unspecified atom stereocenters. The van der Waals surface area contributed by atoms with E-state index in [1.165, 1.54) is 5.56 Å². The van der Waals surface area contributed by atoms with E-state index in [1.54, 1.807) is 11.6 Å². The molecule has 1 N–H and O–H groups in total. The zero-order valence-electron chi connectivity index (χ0n) is 9.77. The predicted octanol–water partition coefficient (Wildman–Crippen LogP) is 2.09. The van der Waals surface area contributed by atoms with Crippen molar-refractivity contribution in [3.63, 3.8) is 0 Å². The van der Waals surface area contributed by atoms with Crippen molar-refractivity contribution in [2.45, 2.75) is 32.1 Å². The summed E-state index contributed by atoms with van der Waals surface area (Å²) < 4.78 is 1.05. The molecule has 0 aromatic heterocycles. The monoisotopic (exact) mass is 295 g/mol. The van der Waals surface area contributed by atoms with Gasteiger partial charge < -0.3 is 9.83 Å². The summed E-state index contributed by atoms with van der Waals surface area (Å²) in [6.45, 7) is 1.65. The smallest absolute Gasteiger partial charge is 0.411 e. The zero-order chi connectivity index (χ0) is 12.4. The lowest BCUT2D eigenvalue weighted by Crippen LogP contribution is -2.44. The van der Waals surface area contributed by atoms with E-state index in [0.717, 1.165) is 17.3 Å². The van der Waals surface area contributed by atoms with Gasteiger partial charge in [0.1, 0.15) is 0 Å². The van der Waals surface area contributed by atoms with Crippen LogP contribution in [0.1, 0.15) is 18.4 Å². The van der Waals surface area contributed by atoms with Crippen LogP contribution in [-0.4, -0.2) is 28.8 Å². The molecule has 1 aliphatic heterocycles. The fraction of sp³-hybridized carbons (Fsp3) is 0.417. The Bertz CT molecular complexity index is 407. The van der Waals surface area contributed by atoms with Crippen LogP contribution in [0.5, 0.6) is 0 Å². The number of rotatable bonds is 3. The van der Waals surface area contributed by atoms with Gasteiger partial charge in [-0.1, -0.05) is 28.1 Å². The molecule has 1 amide bonds. The molecule has 1 atom stereocenters. The number of nitrogens with zero attached hydrogens (tertiary/aromatic N) is 1. The highest BCUT2D eigenvalue weighted by Gasteiger charge is 2.35. The van der Waals surface area contributed by atoms with Gasteiger partial charge in [-0.05, 0) is 37.4 Å². The largest absolute Gasteiger partial charge is 0.432 e. The van der Waals surface area contributed by atoms with Gasteiger partial charge in [-0.2, -0.15) is 0 Å². The van der Waals surface area contributed by atoms with E-state index < -0.39 is 7.05 Å². The maximum Gasteiger partial charge on any atom is 0.411 e. The maximum atomic E-state index is 11.6. The predicted molar refractivity (Wildman–Crippen MR) is 71.6 cm³/mol. The van der Waals surface area contributed by atoms with Gasteiger partial charge in [-0.25, -0.2) is 0 Å². The Labute approximate surface area is 110 Å². The van der Waals surface area contributed by atoms with Crippen LogP contribution in [0.4, 0.5) is 0 Å². The molecule has 17 heavy (non-hydrogen) atoms. The molecule has 5 heteroatoms. The summed E-state index contributed by atoms with van der Waals surface area (Å²) in [5, 5.41) is 9.61. The topological polar surface area (TPSA) is 40.5 Å². The highest BCUT2D eigenvalue weighted by atomic mass is 79.9. The maximum absolute atomic E-state index is 11.6. The molecule has 90 valence electrons. The normalized spacial score (nSPS) is 19.8. The molecule has 1 saturated heterocycles. The zero-order valence-corrected chi connectivity index (χ0v) is 11.4. The van der Waals surface area contributed by atoms with E-state index in [1.807, 2.05) is 24.3 Å². The molecule has 0 spiro atoms. The van der Waals surface area contributed by atoms with E-state index in [4.69, 9.17) is 0 Å². The number of carbonyl (C=O) groups excluding carboxylic acids is 1. The van der Waals surface area contributed by atoms with Crippen LogP contribution in [0, 0.1) is 0 Å². The fourth-order valence-electron chi connectivity index (χ4n) is 2.37. The molecule has 1 heterocycles. The Balaban J connectivity index is 2.08. The highest BCUT2D eigenvalue weighted by molar-refractivity contribution is 9.10. The summed E-state index contributed by atoms with van der Waals surface area (Å²) in [6, 6.07) is 8.22. The van der Waals surface area contributed by atoms with Crippen LogP contribution in [0.3, 0.4) is 0 Å². The number of carbonyl (C=O) groups is 1. The Morgan fingerprint density at radius 1 is 1.47 bits per heavy atom. The van der Waals surface area contributed by atoms with Crippen molar-refractivity contribution < 1.29 is 9.82 Å². The molecule has 1 aromatic rings. The molecule has 0 aliphatic carbocycles. The minimum absolute atomic E-state index is 0.0575. The van der Waals surface area contributed by atoms with Crippen LogP contribution < -0.4 is 0 Å². The SMILES string of the molecule is CB(O)N1C(=O)CC[C@H]1Cc1ccc(Br)cc1. The molecule has 1 aromatic carbocycles. The third-order valence-corrected chi connectivity index (χ3v) is 3.69. The average Bonchev–Trinajstić information content (AvgIpc) is 2.63. The molecule has 0 saturated carbocycles. The van der Waals surface area contributed by atoms with Crippen LogP contribution >= 0.6 is 15.9 Å². The molecule has 1 fully saturated rings. The van der Waals surface area contributed by atoms with Crippen molar-refractivity contribution in [1.82, 2.24) is 4.81 Å². The molecule has 3 nitrogen and oxygen atoms in total. The first-order chi connectivity index (χ1) is 8.08. The van der Waals surface area contributed by atoms with Gasteiger partial charge in [0, 0.05) is 16.9 Å². The summed E-state index contributed by atoms with van der Waals surface area (Å²) in [5.74, 6) is 0.0575. The van der Waals surface area contributed by atoms with Gasteiger partial charge in [-0.3, -0.25) is 4.79 Å². The molecule has 0 radical (unpaired) electrons. The summed E-state index contributed by atoms with van der Waals surface area (Å²) in [7, 11) is -0.689. The molecular formula is C12H15BBrNO2. The van der Waals surface area contributed by atoms with Gasteiger partial charge in [0.05, 0.1) is 0 Å². The Kier molecular flexibility index (Phi) is 3.89. The second kappa shape index (κ2) is 5.23. The lowest BCUT2D eigenvalue weighted by Gasteiger charge is -2.25. The number of amides is 1. The van der Waals surface area contributed by atoms with Crippen LogP contribution in [0.25, 0.3) is 0 Å². The van der Waals surface area contributed by atoms with Crippen molar-refractivity contribution in [2.24, 2.45) is 0 Å². The second-order valence-corrected chi connectivity index (χ2v) is 5.37. The van der Waals surface area contributed by atoms with Gasteiger partial charge in [0.15, 0.2) is 0 Å². The summed E-state index contributed by atoms with van der Waals surface area (Å²) in [4.78, 5) is 13.2.